The first-order valence-electron chi connectivity index (χ1n) is 10.7. The van der Waals surface area contributed by atoms with Gasteiger partial charge in [-0.2, -0.15) is 0 Å². The minimum absolute atomic E-state index is 0.00452. The summed E-state index contributed by atoms with van der Waals surface area (Å²) >= 11 is 6.24. The van der Waals surface area contributed by atoms with E-state index in [-0.39, 0.29) is 28.6 Å². The molecule has 0 bridgehead atoms. The summed E-state index contributed by atoms with van der Waals surface area (Å²) in [6, 6.07) is 1.52. The number of halogens is 1. The lowest BCUT2D eigenvalue weighted by atomic mass is 9.93. The Morgan fingerprint density at radius 1 is 1.23 bits per heavy atom. The Bertz CT molecular complexity index is 771. The molecular formula is C21H30ClN3O5. The Labute approximate surface area is 181 Å². The predicted octanol–water partition coefficient (Wildman–Crippen LogP) is 1.68. The van der Waals surface area contributed by atoms with Gasteiger partial charge in [-0.1, -0.05) is 11.6 Å². The van der Waals surface area contributed by atoms with Gasteiger partial charge in [0.2, 0.25) is 0 Å². The van der Waals surface area contributed by atoms with Gasteiger partial charge in [-0.3, -0.25) is 9.69 Å². The molecule has 0 radical (unpaired) electrons. The van der Waals surface area contributed by atoms with Crippen LogP contribution in [0.15, 0.2) is 6.07 Å². The van der Waals surface area contributed by atoms with Crippen LogP contribution in [0, 0.1) is 5.92 Å². The number of fused-ring (bicyclic) bond motifs is 1. The van der Waals surface area contributed by atoms with Gasteiger partial charge in [-0.05, 0) is 31.9 Å². The third-order valence-corrected chi connectivity index (χ3v) is 6.44. The van der Waals surface area contributed by atoms with Crippen molar-refractivity contribution < 1.29 is 24.1 Å². The summed E-state index contributed by atoms with van der Waals surface area (Å²) in [4.78, 5) is 15.1. The molecular weight excluding hydrogens is 410 g/mol. The van der Waals surface area contributed by atoms with Crippen molar-refractivity contribution >= 4 is 23.2 Å². The van der Waals surface area contributed by atoms with Crippen LogP contribution in [0.1, 0.15) is 36.0 Å². The van der Waals surface area contributed by atoms with E-state index in [1.54, 1.807) is 0 Å². The second-order valence-electron chi connectivity index (χ2n) is 8.26. The molecule has 0 saturated carbocycles. The van der Waals surface area contributed by atoms with Gasteiger partial charge in [0.1, 0.15) is 5.02 Å². The minimum atomic E-state index is -0.493. The topological polar surface area (TPSA) is 106 Å². The molecule has 3 aliphatic rings. The Hall–Kier alpha value is -1.74. The number of nitrogens with two attached hydrogens (primary N) is 1. The summed E-state index contributed by atoms with van der Waals surface area (Å²) in [7, 11) is 0. The van der Waals surface area contributed by atoms with E-state index in [9.17, 15) is 9.90 Å². The molecule has 0 aromatic heterocycles. The van der Waals surface area contributed by atoms with Gasteiger partial charge in [0.05, 0.1) is 36.7 Å². The van der Waals surface area contributed by atoms with Crippen LogP contribution in [0.5, 0.6) is 11.5 Å². The molecule has 1 amide bonds. The standard InChI is InChI=1S/C21H30ClN3O5/c22-18-16(23)9-15(19-20(18)30-8-2-7-29-19)21(27)24-10-13-4-5-25(12-17(13)26)11-14-3-1-6-28-14/h9,13-14,17,26H,1-8,10-12,23H2,(H,24,27)/t13?,14?,17-/m1/s1. The third kappa shape index (κ3) is 4.77. The van der Waals surface area contributed by atoms with Gasteiger partial charge >= 0.3 is 0 Å². The van der Waals surface area contributed by atoms with E-state index in [1.165, 1.54) is 6.07 Å². The highest BCUT2D eigenvalue weighted by Crippen LogP contribution is 2.43. The molecule has 0 aliphatic carbocycles. The lowest BCUT2D eigenvalue weighted by Gasteiger charge is -2.37. The van der Waals surface area contributed by atoms with Crippen LogP contribution in [0.4, 0.5) is 5.69 Å². The molecule has 4 N–H and O–H groups in total. The van der Waals surface area contributed by atoms with Crippen LogP contribution in [0.3, 0.4) is 0 Å². The number of β-amino-alcohol motifs (C(OH)–C–C–N with tert-alkyl or cyclic N) is 1. The summed E-state index contributed by atoms with van der Waals surface area (Å²) in [5.41, 5.74) is 6.55. The van der Waals surface area contributed by atoms with Crippen molar-refractivity contribution in [2.75, 3.05) is 51.7 Å². The van der Waals surface area contributed by atoms with E-state index in [2.05, 4.69) is 10.2 Å². The second kappa shape index (κ2) is 9.60. The number of hydrogen-bond acceptors (Lipinski definition) is 7. The highest BCUT2D eigenvalue weighted by Gasteiger charge is 2.31. The van der Waals surface area contributed by atoms with E-state index in [0.717, 1.165) is 39.0 Å². The van der Waals surface area contributed by atoms with Crippen LogP contribution in [-0.2, 0) is 4.74 Å². The smallest absolute Gasteiger partial charge is 0.255 e. The van der Waals surface area contributed by atoms with Gasteiger partial charge in [0.25, 0.3) is 5.91 Å². The summed E-state index contributed by atoms with van der Waals surface area (Å²) < 4.78 is 17.1. The van der Waals surface area contributed by atoms with Gasteiger partial charge < -0.3 is 30.4 Å². The zero-order valence-electron chi connectivity index (χ0n) is 17.1. The second-order valence-corrected chi connectivity index (χ2v) is 8.63. The number of benzene rings is 1. The molecule has 2 fully saturated rings. The number of amides is 1. The molecule has 3 heterocycles. The normalized spacial score (nSPS) is 26.9. The van der Waals surface area contributed by atoms with Crippen molar-refractivity contribution in [3.05, 3.63) is 16.7 Å². The Kier molecular flexibility index (Phi) is 6.87. The number of likely N-dealkylation sites (tertiary alicyclic amines) is 1. The fourth-order valence-corrected chi connectivity index (χ4v) is 4.53. The largest absolute Gasteiger partial charge is 0.489 e. The molecule has 1 aromatic rings. The fraction of sp³-hybridized carbons (Fsp3) is 0.667. The first-order valence-corrected chi connectivity index (χ1v) is 11.1. The number of nitrogens with zero attached hydrogens (tertiary/aromatic N) is 1. The molecule has 166 valence electrons. The van der Waals surface area contributed by atoms with E-state index < -0.39 is 6.10 Å². The fourth-order valence-electron chi connectivity index (χ4n) is 4.33. The number of aliphatic hydroxyl groups excluding tert-OH is 1. The number of ether oxygens (including phenoxy) is 3. The summed E-state index contributed by atoms with van der Waals surface area (Å²) in [6.45, 7) is 4.46. The highest BCUT2D eigenvalue weighted by atomic mass is 35.5. The van der Waals surface area contributed by atoms with Crippen molar-refractivity contribution in [3.63, 3.8) is 0 Å². The Morgan fingerprint density at radius 2 is 2.03 bits per heavy atom. The first-order chi connectivity index (χ1) is 14.5. The number of nitrogen functional groups attached to an aromatic ring is 1. The molecule has 1 aromatic carbocycles. The van der Waals surface area contributed by atoms with Crippen LogP contribution < -0.4 is 20.5 Å². The molecule has 0 spiro atoms. The van der Waals surface area contributed by atoms with E-state index in [4.69, 9.17) is 31.5 Å². The van der Waals surface area contributed by atoms with Crippen molar-refractivity contribution in [2.45, 2.75) is 37.9 Å². The average molecular weight is 440 g/mol. The molecule has 8 nitrogen and oxygen atoms in total. The number of anilines is 1. The van der Waals surface area contributed by atoms with E-state index in [0.29, 0.717) is 49.8 Å². The van der Waals surface area contributed by atoms with Gasteiger partial charge in [-0.25, -0.2) is 0 Å². The number of nitrogens with one attached hydrogen (secondary N) is 1. The highest BCUT2D eigenvalue weighted by molar-refractivity contribution is 6.35. The number of aliphatic hydroxyl groups is 1. The first kappa shape index (κ1) is 21.5. The Balaban J connectivity index is 1.35. The minimum Gasteiger partial charge on any atom is -0.489 e. The van der Waals surface area contributed by atoms with Gasteiger partial charge in [0.15, 0.2) is 11.5 Å². The molecule has 2 saturated heterocycles. The maximum Gasteiger partial charge on any atom is 0.255 e. The number of carbonyl (C=O) groups excluding carboxylic acids is 1. The lowest BCUT2D eigenvalue weighted by molar-refractivity contribution is -0.00191. The molecule has 4 rings (SSSR count). The van der Waals surface area contributed by atoms with Crippen LogP contribution in [0.25, 0.3) is 0 Å². The molecule has 3 aliphatic heterocycles. The molecule has 9 heteroatoms. The zero-order valence-corrected chi connectivity index (χ0v) is 17.8. The summed E-state index contributed by atoms with van der Waals surface area (Å²) in [5.74, 6) is 0.335. The number of hydrogen-bond donors (Lipinski definition) is 3. The van der Waals surface area contributed by atoms with Crippen molar-refractivity contribution in [3.8, 4) is 11.5 Å². The van der Waals surface area contributed by atoms with E-state index in [1.807, 2.05) is 0 Å². The number of rotatable bonds is 5. The molecule has 2 unspecified atom stereocenters. The number of piperidine rings is 1. The molecule has 30 heavy (non-hydrogen) atoms. The lowest BCUT2D eigenvalue weighted by Crippen LogP contribution is -2.49. The summed E-state index contributed by atoms with van der Waals surface area (Å²) in [6.07, 6.45) is 3.50. The van der Waals surface area contributed by atoms with Crippen LogP contribution >= 0.6 is 11.6 Å². The van der Waals surface area contributed by atoms with E-state index >= 15 is 0 Å². The van der Waals surface area contributed by atoms with Gasteiger partial charge in [0, 0.05) is 38.6 Å². The zero-order chi connectivity index (χ0) is 21.1. The van der Waals surface area contributed by atoms with Gasteiger partial charge in [-0.15, -0.1) is 0 Å². The van der Waals surface area contributed by atoms with Crippen molar-refractivity contribution in [1.82, 2.24) is 10.2 Å². The number of carbonyl (C=O) groups is 1. The maximum absolute atomic E-state index is 12.9. The van der Waals surface area contributed by atoms with Crippen LogP contribution in [0.2, 0.25) is 5.02 Å². The Morgan fingerprint density at radius 3 is 2.77 bits per heavy atom. The SMILES string of the molecule is Nc1cc(C(=O)NCC2CCN(CC3CCCO3)C[C@H]2O)c2c(c1Cl)OCCCO2. The maximum atomic E-state index is 12.9. The van der Waals surface area contributed by atoms with Crippen molar-refractivity contribution in [2.24, 2.45) is 5.92 Å². The molecule has 3 atom stereocenters. The third-order valence-electron chi connectivity index (χ3n) is 6.05. The summed E-state index contributed by atoms with van der Waals surface area (Å²) in [5, 5.41) is 13.8. The average Bonchev–Trinajstić information content (AvgIpc) is 3.11. The van der Waals surface area contributed by atoms with Crippen LogP contribution in [-0.4, -0.2) is 74.1 Å². The monoisotopic (exact) mass is 439 g/mol. The van der Waals surface area contributed by atoms with Crippen molar-refractivity contribution in [1.29, 1.82) is 0 Å². The quantitative estimate of drug-likeness (QED) is 0.599. The predicted molar refractivity (Wildman–Crippen MR) is 113 cm³/mol.